The first kappa shape index (κ1) is 12.2. The van der Waals surface area contributed by atoms with Crippen molar-refractivity contribution in [3.05, 3.63) is 29.6 Å². The Morgan fingerprint density at radius 3 is 2.94 bits per heavy atom. The molecule has 5 nitrogen and oxygen atoms in total. The van der Waals surface area contributed by atoms with Crippen molar-refractivity contribution in [2.45, 2.75) is 0 Å². The molecule has 16 heavy (non-hydrogen) atoms. The van der Waals surface area contributed by atoms with Crippen LogP contribution >= 0.6 is 0 Å². The molecular formula is C11H13N3O2. The molecule has 0 radical (unpaired) electrons. The second-order valence-electron chi connectivity index (χ2n) is 3.26. The smallest absolute Gasteiger partial charge is 0.267 e. The van der Waals surface area contributed by atoms with E-state index in [4.69, 9.17) is 5.11 Å². The summed E-state index contributed by atoms with van der Waals surface area (Å²) in [6, 6.07) is 1.62. The summed E-state index contributed by atoms with van der Waals surface area (Å²) in [6.45, 7) is -0.214. The standard InChI is InChI=1S/C11H13N3O2/c1-14(2)13-11(16)10-6-9(4-3-5-15)7-12-8-10/h6-8,15H,5H2,1-2H3,(H,13,16). The highest BCUT2D eigenvalue weighted by atomic mass is 16.2. The topological polar surface area (TPSA) is 65.5 Å². The molecule has 0 bridgehead atoms. The van der Waals surface area contributed by atoms with E-state index in [1.54, 1.807) is 25.2 Å². The number of hydrazine groups is 1. The largest absolute Gasteiger partial charge is 0.384 e. The lowest BCUT2D eigenvalue weighted by atomic mass is 10.2. The average Bonchev–Trinajstić information content (AvgIpc) is 2.26. The van der Waals surface area contributed by atoms with Crippen molar-refractivity contribution in [3.8, 4) is 11.8 Å². The van der Waals surface area contributed by atoms with Gasteiger partial charge in [0.1, 0.15) is 6.61 Å². The number of aromatic nitrogens is 1. The lowest BCUT2D eigenvalue weighted by Gasteiger charge is -2.11. The molecule has 5 heteroatoms. The molecule has 84 valence electrons. The summed E-state index contributed by atoms with van der Waals surface area (Å²) in [5.41, 5.74) is 3.63. The normalized spacial score (nSPS) is 9.50. The average molecular weight is 219 g/mol. The molecule has 0 aliphatic carbocycles. The van der Waals surface area contributed by atoms with E-state index in [9.17, 15) is 4.79 Å². The molecule has 1 aromatic heterocycles. The van der Waals surface area contributed by atoms with E-state index in [2.05, 4.69) is 22.3 Å². The third kappa shape index (κ3) is 3.69. The number of amides is 1. The molecule has 0 aromatic carbocycles. The number of carbonyl (C=O) groups is 1. The molecule has 0 spiro atoms. The first-order chi connectivity index (χ1) is 7.63. The van der Waals surface area contributed by atoms with E-state index in [0.717, 1.165) is 0 Å². The second kappa shape index (κ2) is 5.85. The summed E-state index contributed by atoms with van der Waals surface area (Å²) in [7, 11) is 3.45. The lowest BCUT2D eigenvalue weighted by Crippen LogP contribution is -2.36. The van der Waals surface area contributed by atoms with Crippen LogP contribution in [0.5, 0.6) is 0 Å². The number of nitrogens with zero attached hydrogens (tertiary/aromatic N) is 2. The second-order valence-corrected chi connectivity index (χ2v) is 3.26. The molecule has 0 fully saturated rings. The van der Waals surface area contributed by atoms with Crippen molar-refractivity contribution in [1.29, 1.82) is 0 Å². The highest BCUT2D eigenvalue weighted by Gasteiger charge is 2.06. The zero-order valence-corrected chi connectivity index (χ0v) is 9.19. The summed E-state index contributed by atoms with van der Waals surface area (Å²) in [6.07, 6.45) is 3.00. The van der Waals surface area contributed by atoms with Crippen LogP contribution in [-0.2, 0) is 0 Å². The van der Waals surface area contributed by atoms with Crippen LogP contribution in [0, 0.1) is 11.8 Å². The third-order valence-electron chi connectivity index (χ3n) is 1.64. The summed E-state index contributed by atoms with van der Waals surface area (Å²) < 4.78 is 0. The molecule has 0 unspecified atom stereocenters. The van der Waals surface area contributed by atoms with Gasteiger partial charge in [0.05, 0.1) is 5.56 Å². The van der Waals surface area contributed by atoms with Gasteiger partial charge in [-0.3, -0.25) is 15.2 Å². The molecule has 1 aromatic rings. The fourth-order valence-electron chi connectivity index (χ4n) is 1.04. The first-order valence-corrected chi connectivity index (χ1v) is 4.66. The minimum absolute atomic E-state index is 0.214. The van der Waals surface area contributed by atoms with Crippen LogP contribution in [0.1, 0.15) is 15.9 Å². The van der Waals surface area contributed by atoms with E-state index >= 15 is 0 Å². The van der Waals surface area contributed by atoms with Gasteiger partial charge in [-0.2, -0.15) is 0 Å². The van der Waals surface area contributed by atoms with Gasteiger partial charge in [-0.05, 0) is 6.07 Å². The summed E-state index contributed by atoms with van der Waals surface area (Å²) in [5, 5.41) is 10.1. The summed E-state index contributed by atoms with van der Waals surface area (Å²) in [5.74, 6) is 4.94. The van der Waals surface area contributed by atoms with Crippen molar-refractivity contribution in [1.82, 2.24) is 15.4 Å². The Balaban J connectivity index is 2.85. The number of pyridine rings is 1. The van der Waals surface area contributed by atoms with Gasteiger partial charge >= 0.3 is 0 Å². The Bertz CT molecular complexity index is 432. The van der Waals surface area contributed by atoms with Crippen molar-refractivity contribution in [3.63, 3.8) is 0 Å². The van der Waals surface area contributed by atoms with Crippen molar-refractivity contribution < 1.29 is 9.90 Å². The van der Waals surface area contributed by atoms with Crippen LogP contribution in [-0.4, -0.2) is 41.7 Å². The molecule has 1 heterocycles. The maximum Gasteiger partial charge on any atom is 0.267 e. The van der Waals surface area contributed by atoms with Crippen LogP contribution in [0.4, 0.5) is 0 Å². The molecule has 1 rings (SSSR count). The predicted octanol–water partition coefficient (Wildman–Crippen LogP) is -0.368. The molecule has 1 amide bonds. The quantitative estimate of drug-likeness (QED) is 0.526. The number of nitrogens with one attached hydrogen (secondary N) is 1. The third-order valence-corrected chi connectivity index (χ3v) is 1.64. The van der Waals surface area contributed by atoms with Gasteiger partial charge in [-0.1, -0.05) is 11.8 Å². The SMILES string of the molecule is CN(C)NC(=O)c1cncc(C#CCO)c1. The number of aliphatic hydroxyl groups is 1. The Kier molecular flexibility index (Phi) is 4.45. The highest BCUT2D eigenvalue weighted by molar-refractivity contribution is 5.93. The fraction of sp³-hybridized carbons (Fsp3) is 0.273. The maximum absolute atomic E-state index is 11.6. The zero-order valence-electron chi connectivity index (χ0n) is 9.19. The van der Waals surface area contributed by atoms with E-state index in [0.29, 0.717) is 11.1 Å². The van der Waals surface area contributed by atoms with Gasteiger partial charge in [-0.25, -0.2) is 5.01 Å². The first-order valence-electron chi connectivity index (χ1n) is 4.66. The van der Waals surface area contributed by atoms with Crippen LogP contribution in [0.15, 0.2) is 18.5 Å². The number of aliphatic hydroxyl groups excluding tert-OH is 1. The number of hydrogen-bond donors (Lipinski definition) is 2. The van der Waals surface area contributed by atoms with Gasteiger partial charge in [0.2, 0.25) is 0 Å². The minimum atomic E-state index is -0.245. The van der Waals surface area contributed by atoms with Crippen molar-refractivity contribution in [2.75, 3.05) is 20.7 Å². The monoisotopic (exact) mass is 219 g/mol. The number of carbonyl (C=O) groups excluding carboxylic acids is 1. The zero-order chi connectivity index (χ0) is 12.0. The van der Waals surface area contributed by atoms with Gasteiger partial charge in [0, 0.05) is 32.1 Å². The van der Waals surface area contributed by atoms with E-state index in [-0.39, 0.29) is 12.5 Å². The minimum Gasteiger partial charge on any atom is -0.384 e. The van der Waals surface area contributed by atoms with Gasteiger partial charge < -0.3 is 5.11 Å². The van der Waals surface area contributed by atoms with Crippen LogP contribution < -0.4 is 5.43 Å². The molecule has 2 N–H and O–H groups in total. The predicted molar refractivity (Wildman–Crippen MR) is 59.4 cm³/mol. The van der Waals surface area contributed by atoms with Crippen molar-refractivity contribution >= 4 is 5.91 Å². The summed E-state index contributed by atoms with van der Waals surface area (Å²) in [4.78, 5) is 15.5. The lowest BCUT2D eigenvalue weighted by molar-refractivity contribution is 0.0856. The molecule has 0 aliphatic rings. The molecule has 0 saturated carbocycles. The molecular weight excluding hydrogens is 206 g/mol. The molecule has 0 saturated heterocycles. The van der Waals surface area contributed by atoms with Crippen LogP contribution in [0.25, 0.3) is 0 Å². The van der Waals surface area contributed by atoms with E-state index < -0.39 is 0 Å². The van der Waals surface area contributed by atoms with E-state index in [1.165, 1.54) is 12.4 Å². The van der Waals surface area contributed by atoms with Gasteiger partial charge in [0.25, 0.3) is 5.91 Å². The Labute approximate surface area is 94.1 Å². The highest BCUT2D eigenvalue weighted by Crippen LogP contribution is 2.01. The van der Waals surface area contributed by atoms with E-state index in [1.807, 2.05) is 0 Å². The van der Waals surface area contributed by atoms with Crippen LogP contribution in [0.2, 0.25) is 0 Å². The Morgan fingerprint density at radius 1 is 1.56 bits per heavy atom. The van der Waals surface area contributed by atoms with Crippen molar-refractivity contribution in [2.24, 2.45) is 0 Å². The van der Waals surface area contributed by atoms with Gasteiger partial charge in [-0.15, -0.1) is 0 Å². The number of hydrogen-bond acceptors (Lipinski definition) is 4. The molecule has 0 aliphatic heterocycles. The number of rotatable bonds is 2. The van der Waals surface area contributed by atoms with Crippen LogP contribution in [0.3, 0.4) is 0 Å². The molecule has 0 atom stereocenters. The Morgan fingerprint density at radius 2 is 2.31 bits per heavy atom. The summed E-state index contributed by atoms with van der Waals surface area (Å²) >= 11 is 0. The van der Waals surface area contributed by atoms with Gasteiger partial charge in [0.15, 0.2) is 0 Å². The maximum atomic E-state index is 11.6. The fourth-order valence-corrected chi connectivity index (χ4v) is 1.04. The Hall–Kier alpha value is -1.90.